The van der Waals surface area contributed by atoms with E-state index < -0.39 is 41.6 Å². The third kappa shape index (κ3) is 7.67. The van der Waals surface area contributed by atoms with Crippen LogP contribution in [0.25, 0.3) is 0 Å². The van der Waals surface area contributed by atoms with E-state index in [1.54, 1.807) is 45.2 Å². The lowest BCUT2D eigenvalue weighted by molar-refractivity contribution is -0.136. The zero-order valence-electron chi connectivity index (χ0n) is 23.1. The van der Waals surface area contributed by atoms with Crippen molar-refractivity contribution in [2.24, 2.45) is 0 Å². The first-order valence-electron chi connectivity index (χ1n) is 13.6. The van der Waals surface area contributed by atoms with Crippen LogP contribution in [0.15, 0.2) is 54.6 Å². The van der Waals surface area contributed by atoms with Crippen LogP contribution in [-0.2, 0) is 41.5 Å². The van der Waals surface area contributed by atoms with Gasteiger partial charge in [0.25, 0.3) is 0 Å². The molecule has 4 rings (SSSR count). The van der Waals surface area contributed by atoms with Gasteiger partial charge in [0.05, 0.1) is 19.8 Å². The second-order valence-corrected chi connectivity index (χ2v) is 10.5. The fraction of sp³-hybridized carbons (Fsp3) is 0.467. The van der Waals surface area contributed by atoms with Crippen molar-refractivity contribution in [3.8, 4) is 5.75 Å². The monoisotopic (exact) mass is 551 g/mol. The molecule has 0 spiro atoms. The van der Waals surface area contributed by atoms with Crippen molar-refractivity contribution >= 4 is 23.5 Å². The third-order valence-electron chi connectivity index (χ3n) is 7.22. The van der Waals surface area contributed by atoms with Gasteiger partial charge in [0.1, 0.15) is 29.5 Å². The molecule has 5 unspecified atom stereocenters. The Balaban J connectivity index is 1.50. The van der Waals surface area contributed by atoms with Crippen LogP contribution in [0.2, 0.25) is 0 Å². The van der Waals surface area contributed by atoms with Crippen molar-refractivity contribution < 1.29 is 33.4 Å². The Morgan fingerprint density at radius 2 is 1.55 bits per heavy atom. The quantitative estimate of drug-likeness (QED) is 0.321. The molecule has 0 saturated carbocycles. The van der Waals surface area contributed by atoms with E-state index in [0.29, 0.717) is 25.4 Å². The Kier molecular flexibility index (Phi) is 9.54. The van der Waals surface area contributed by atoms with Crippen molar-refractivity contribution in [3.63, 3.8) is 0 Å². The number of ketones is 1. The smallest absolute Gasteiger partial charge is 0.249 e. The van der Waals surface area contributed by atoms with Crippen LogP contribution in [0.4, 0.5) is 0 Å². The predicted molar refractivity (Wildman–Crippen MR) is 147 cm³/mol. The van der Waals surface area contributed by atoms with Crippen LogP contribution in [0.5, 0.6) is 5.75 Å². The number of Topliss-reactive ketones (excluding diaryl/α,β-unsaturated/α-hetero) is 1. The lowest BCUT2D eigenvalue weighted by atomic mass is 9.94. The van der Waals surface area contributed by atoms with Crippen molar-refractivity contribution in [2.45, 2.75) is 69.4 Å². The summed E-state index contributed by atoms with van der Waals surface area (Å²) in [6.07, 6.45) is 1.25. The average molecular weight is 552 g/mol. The Labute approximate surface area is 234 Å². The van der Waals surface area contributed by atoms with Gasteiger partial charge in [-0.1, -0.05) is 42.5 Å². The lowest BCUT2D eigenvalue weighted by Gasteiger charge is -2.25. The SMILES string of the molecule is COc1ccc(CC(NC(=O)C(C)NC(=O)C2CCCO2)C(=O)NC(Cc2ccccc2)C(=O)C2(C)CO2)cc1. The zero-order chi connectivity index (χ0) is 28.7. The first kappa shape index (κ1) is 29.2. The van der Waals surface area contributed by atoms with Gasteiger partial charge in [0.15, 0.2) is 5.78 Å². The van der Waals surface area contributed by atoms with Crippen molar-refractivity contribution in [3.05, 3.63) is 65.7 Å². The number of hydrogen-bond acceptors (Lipinski definition) is 7. The minimum absolute atomic E-state index is 0.161. The van der Waals surface area contributed by atoms with E-state index in [1.165, 1.54) is 0 Å². The molecule has 40 heavy (non-hydrogen) atoms. The van der Waals surface area contributed by atoms with E-state index in [2.05, 4.69) is 16.0 Å². The van der Waals surface area contributed by atoms with Crippen LogP contribution in [0.1, 0.15) is 37.8 Å². The maximum absolute atomic E-state index is 13.7. The van der Waals surface area contributed by atoms with Crippen LogP contribution in [0.3, 0.4) is 0 Å². The van der Waals surface area contributed by atoms with Crippen molar-refractivity contribution in [1.29, 1.82) is 0 Å². The number of rotatable bonds is 13. The molecule has 10 heteroatoms. The predicted octanol–water partition coefficient (Wildman–Crippen LogP) is 1.49. The molecule has 0 aromatic heterocycles. The summed E-state index contributed by atoms with van der Waals surface area (Å²) in [5.41, 5.74) is 0.718. The summed E-state index contributed by atoms with van der Waals surface area (Å²) in [5.74, 6) is -0.965. The number of epoxide rings is 1. The van der Waals surface area contributed by atoms with Crippen molar-refractivity contribution in [2.75, 3.05) is 20.3 Å². The van der Waals surface area contributed by atoms with E-state index in [0.717, 1.165) is 17.5 Å². The van der Waals surface area contributed by atoms with E-state index in [4.69, 9.17) is 14.2 Å². The second kappa shape index (κ2) is 13.1. The van der Waals surface area contributed by atoms with E-state index in [-0.39, 0.29) is 24.5 Å². The number of nitrogens with one attached hydrogen (secondary N) is 3. The van der Waals surface area contributed by atoms with Gasteiger partial charge < -0.3 is 30.2 Å². The molecule has 5 atom stereocenters. The van der Waals surface area contributed by atoms with E-state index in [1.807, 2.05) is 30.3 Å². The normalized spacial score (nSPS) is 21.9. The van der Waals surface area contributed by atoms with Crippen LogP contribution in [-0.4, -0.2) is 73.7 Å². The fourth-order valence-electron chi connectivity index (χ4n) is 4.61. The maximum atomic E-state index is 13.7. The standard InChI is InChI=1S/C30H37N3O7/c1-19(31-29(37)25-10-7-15-39-25)27(35)33-24(17-21-11-13-22(38-3)14-12-21)28(36)32-23(26(34)30(2)18-40-30)16-20-8-5-4-6-9-20/h4-6,8-9,11-14,19,23-25H,7,10,15-18H2,1-3H3,(H,31,37)(H,32,36)(H,33,35). The number of carbonyl (C=O) groups is 4. The van der Waals surface area contributed by atoms with E-state index >= 15 is 0 Å². The largest absolute Gasteiger partial charge is 0.497 e. The van der Waals surface area contributed by atoms with E-state index in [9.17, 15) is 19.2 Å². The molecular formula is C30H37N3O7. The fourth-order valence-corrected chi connectivity index (χ4v) is 4.61. The number of ether oxygens (including phenoxy) is 3. The molecule has 2 aliphatic rings. The third-order valence-corrected chi connectivity index (χ3v) is 7.22. The Hall–Kier alpha value is -3.76. The lowest BCUT2D eigenvalue weighted by Crippen LogP contribution is -2.57. The van der Waals surface area contributed by atoms with Gasteiger partial charge in [-0.2, -0.15) is 0 Å². The molecule has 2 aromatic carbocycles. The molecule has 0 radical (unpaired) electrons. The summed E-state index contributed by atoms with van der Waals surface area (Å²) in [7, 11) is 1.56. The number of benzene rings is 2. The topological polar surface area (TPSA) is 135 Å². The molecule has 3 N–H and O–H groups in total. The molecule has 2 heterocycles. The molecule has 2 saturated heterocycles. The maximum Gasteiger partial charge on any atom is 0.249 e. The summed E-state index contributed by atoms with van der Waals surface area (Å²) in [4.78, 5) is 52.6. The summed E-state index contributed by atoms with van der Waals surface area (Å²) >= 11 is 0. The van der Waals surface area contributed by atoms with Gasteiger partial charge in [-0.3, -0.25) is 19.2 Å². The summed E-state index contributed by atoms with van der Waals surface area (Å²) in [6, 6.07) is 13.8. The minimum Gasteiger partial charge on any atom is -0.497 e. The Morgan fingerprint density at radius 1 is 0.925 bits per heavy atom. The Morgan fingerprint density at radius 3 is 2.15 bits per heavy atom. The number of methoxy groups -OCH3 is 1. The summed E-state index contributed by atoms with van der Waals surface area (Å²) < 4.78 is 16.0. The Bertz CT molecular complexity index is 1190. The van der Waals surface area contributed by atoms with Gasteiger partial charge >= 0.3 is 0 Å². The molecule has 214 valence electrons. The van der Waals surface area contributed by atoms with Crippen LogP contribution < -0.4 is 20.7 Å². The van der Waals surface area contributed by atoms with Crippen LogP contribution >= 0.6 is 0 Å². The molecule has 10 nitrogen and oxygen atoms in total. The van der Waals surface area contributed by atoms with Gasteiger partial charge in [-0.25, -0.2) is 0 Å². The molecule has 0 aliphatic carbocycles. The molecule has 3 amide bonds. The zero-order valence-corrected chi connectivity index (χ0v) is 23.1. The molecule has 2 aliphatic heterocycles. The molecule has 0 bridgehead atoms. The first-order chi connectivity index (χ1) is 19.2. The summed E-state index contributed by atoms with van der Waals surface area (Å²) in [6.45, 7) is 4.06. The molecule has 2 aromatic rings. The van der Waals surface area contributed by atoms with Gasteiger partial charge in [-0.15, -0.1) is 0 Å². The van der Waals surface area contributed by atoms with Gasteiger partial charge in [-0.05, 0) is 56.4 Å². The highest BCUT2D eigenvalue weighted by molar-refractivity contribution is 5.98. The highest BCUT2D eigenvalue weighted by Gasteiger charge is 2.50. The number of amides is 3. The highest BCUT2D eigenvalue weighted by Crippen LogP contribution is 2.29. The summed E-state index contributed by atoms with van der Waals surface area (Å²) in [5, 5.41) is 8.31. The second-order valence-electron chi connectivity index (χ2n) is 10.5. The van der Waals surface area contributed by atoms with Crippen LogP contribution in [0, 0.1) is 0 Å². The highest BCUT2D eigenvalue weighted by atomic mass is 16.6. The molecule has 2 fully saturated rings. The first-order valence-corrected chi connectivity index (χ1v) is 13.6. The van der Waals surface area contributed by atoms with Crippen molar-refractivity contribution in [1.82, 2.24) is 16.0 Å². The van der Waals surface area contributed by atoms with Gasteiger partial charge in [0, 0.05) is 13.0 Å². The molecular weight excluding hydrogens is 514 g/mol. The van der Waals surface area contributed by atoms with Gasteiger partial charge in [0.2, 0.25) is 17.7 Å². The average Bonchev–Trinajstić information content (AvgIpc) is 3.47. The number of hydrogen-bond donors (Lipinski definition) is 3. The minimum atomic E-state index is -1.01. The number of carbonyl (C=O) groups excluding carboxylic acids is 4.